The molecule has 1 aromatic carbocycles. The molecule has 0 saturated carbocycles. The van der Waals surface area contributed by atoms with Crippen molar-refractivity contribution >= 4 is 29.4 Å². The molecule has 0 aromatic heterocycles. The summed E-state index contributed by atoms with van der Waals surface area (Å²) in [6.07, 6.45) is -0.0856. The van der Waals surface area contributed by atoms with E-state index in [0.717, 1.165) is 11.1 Å². The van der Waals surface area contributed by atoms with Crippen LogP contribution in [0.2, 0.25) is 0 Å². The van der Waals surface area contributed by atoms with Gasteiger partial charge in [0.15, 0.2) is 0 Å². The number of hydrogen-bond donors (Lipinski definition) is 2. The van der Waals surface area contributed by atoms with Gasteiger partial charge in [-0.3, -0.25) is 14.4 Å². The lowest BCUT2D eigenvalue weighted by molar-refractivity contribution is -0.144. The van der Waals surface area contributed by atoms with Crippen molar-refractivity contribution in [2.24, 2.45) is 5.92 Å². The maximum Gasteiger partial charge on any atom is 0.336 e. The van der Waals surface area contributed by atoms with Crippen LogP contribution in [0, 0.1) is 19.8 Å². The highest BCUT2D eigenvalue weighted by Crippen LogP contribution is 2.32. The topological polar surface area (TPSA) is 105 Å². The lowest BCUT2D eigenvalue weighted by Gasteiger charge is -2.37. The molecule has 29 heavy (non-hydrogen) atoms. The van der Waals surface area contributed by atoms with Gasteiger partial charge in [0.2, 0.25) is 11.8 Å². The van der Waals surface area contributed by atoms with Gasteiger partial charge in [-0.2, -0.15) is 0 Å². The number of benzene rings is 1. The summed E-state index contributed by atoms with van der Waals surface area (Å²) in [6, 6.07) is 5.68. The molecule has 0 spiro atoms. The highest BCUT2D eigenvalue weighted by molar-refractivity contribution is 6.08. The fourth-order valence-corrected chi connectivity index (χ4v) is 3.71. The van der Waals surface area contributed by atoms with Gasteiger partial charge in [0.05, 0.1) is 18.1 Å². The van der Waals surface area contributed by atoms with Crippen molar-refractivity contribution in [1.29, 1.82) is 0 Å². The largest absolute Gasteiger partial charge is 0.463 e. The molecular formula is C21H25N3O5. The molecule has 1 unspecified atom stereocenters. The number of esters is 1. The van der Waals surface area contributed by atoms with Gasteiger partial charge in [0.25, 0.3) is 5.91 Å². The molecule has 8 nitrogen and oxygen atoms in total. The second-order valence-corrected chi connectivity index (χ2v) is 7.27. The molecule has 8 heteroatoms. The van der Waals surface area contributed by atoms with Crippen LogP contribution in [0.4, 0.5) is 5.69 Å². The number of carbonyl (C=O) groups excluding carboxylic acids is 4. The predicted molar refractivity (Wildman–Crippen MR) is 106 cm³/mol. The lowest BCUT2D eigenvalue weighted by Crippen LogP contribution is -2.53. The van der Waals surface area contributed by atoms with Crippen LogP contribution in [0.25, 0.3) is 0 Å². The Morgan fingerprint density at radius 1 is 1.28 bits per heavy atom. The molecule has 2 N–H and O–H groups in total. The summed E-state index contributed by atoms with van der Waals surface area (Å²) < 4.78 is 5.07. The van der Waals surface area contributed by atoms with Gasteiger partial charge >= 0.3 is 5.97 Å². The monoisotopic (exact) mass is 399 g/mol. The van der Waals surface area contributed by atoms with E-state index in [-0.39, 0.29) is 49.1 Å². The van der Waals surface area contributed by atoms with Crippen molar-refractivity contribution < 1.29 is 23.9 Å². The maximum absolute atomic E-state index is 12.9. The van der Waals surface area contributed by atoms with E-state index in [0.29, 0.717) is 12.2 Å². The number of fused-ring (bicyclic) bond motifs is 1. The third kappa shape index (κ3) is 4.31. The van der Waals surface area contributed by atoms with Gasteiger partial charge in [0, 0.05) is 25.2 Å². The van der Waals surface area contributed by atoms with Crippen LogP contribution in [0.1, 0.15) is 30.9 Å². The molecule has 0 bridgehead atoms. The lowest BCUT2D eigenvalue weighted by atomic mass is 9.88. The van der Waals surface area contributed by atoms with Gasteiger partial charge in [0.1, 0.15) is 5.70 Å². The van der Waals surface area contributed by atoms with E-state index in [2.05, 4.69) is 10.6 Å². The summed E-state index contributed by atoms with van der Waals surface area (Å²) in [5.74, 6) is -2.46. The number of nitrogens with one attached hydrogen (secondary N) is 2. The van der Waals surface area contributed by atoms with Crippen LogP contribution in [0.3, 0.4) is 0 Å². The van der Waals surface area contributed by atoms with Gasteiger partial charge in [-0.15, -0.1) is 0 Å². The molecule has 0 radical (unpaired) electrons. The van der Waals surface area contributed by atoms with Crippen LogP contribution in [-0.2, 0) is 23.9 Å². The average molecular weight is 399 g/mol. The first kappa shape index (κ1) is 20.6. The molecule has 1 atom stereocenters. The molecule has 0 aliphatic carbocycles. The Bertz CT molecular complexity index is 906. The van der Waals surface area contributed by atoms with Crippen LogP contribution in [0.15, 0.2) is 29.5 Å². The first-order chi connectivity index (χ1) is 13.8. The summed E-state index contributed by atoms with van der Waals surface area (Å²) in [7, 11) is 0. The van der Waals surface area contributed by atoms with E-state index in [1.54, 1.807) is 6.92 Å². The van der Waals surface area contributed by atoms with E-state index in [4.69, 9.17) is 4.74 Å². The number of nitrogens with zero attached hydrogens (tertiary/aromatic N) is 1. The third-order valence-electron chi connectivity index (χ3n) is 5.07. The van der Waals surface area contributed by atoms with Gasteiger partial charge < -0.3 is 20.3 Å². The minimum atomic E-state index is -0.727. The van der Waals surface area contributed by atoms with Gasteiger partial charge in [-0.05, 0) is 38.8 Å². The third-order valence-corrected chi connectivity index (χ3v) is 5.07. The maximum atomic E-state index is 12.9. The van der Waals surface area contributed by atoms with Crippen LogP contribution >= 0.6 is 0 Å². The van der Waals surface area contributed by atoms with E-state index in [1.165, 1.54) is 4.90 Å². The first-order valence-corrected chi connectivity index (χ1v) is 9.68. The second kappa shape index (κ2) is 8.46. The van der Waals surface area contributed by atoms with Gasteiger partial charge in [-0.25, -0.2) is 4.79 Å². The van der Waals surface area contributed by atoms with Crippen molar-refractivity contribution in [3.05, 3.63) is 40.6 Å². The zero-order valence-electron chi connectivity index (χ0n) is 16.8. The number of hydrogen-bond acceptors (Lipinski definition) is 5. The number of amides is 3. The summed E-state index contributed by atoms with van der Waals surface area (Å²) in [4.78, 5) is 51.5. The Hall–Kier alpha value is -3.16. The molecule has 3 amide bonds. The summed E-state index contributed by atoms with van der Waals surface area (Å²) in [6.45, 7) is 6.25. The molecule has 2 aliphatic rings. The molecule has 1 fully saturated rings. The fraction of sp³-hybridized carbons (Fsp3) is 0.429. The molecule has 2 heterocycles. The SMILES string of the molecule is CCOC(=O)C1=C2C(=O)NCCN2C(=O)C(CC(=O)Nc2ccc(C)cc2C)C1. The normalized spacial score (nSPS) is 18.9. The van der Waals surface area contributed by atoms with Crippen LogP contribution in [0.5, 0.6) is 0 Å². The number of aryl methyl sites for hydroxylation is 2. The predicted octanol–water partition coefficient (Wildman–Crippen LogP) is 1.43. The van der Waals surface area contributed by atoms with Crippen molar-refractivity contribution in [3.63, 3.8) is 0 Å². The molecule has 3 rings (SSSR count). The van der Waals surface area contributed by atoms with E-state index >= 15 is 0 Å². The van der Waals surface area contributed by atoms with E-state index < -0.39 is 17.8 Å². The number of rotatable bonds is 5. The number of piperazine rings is 1. The standard InChI is InChI=1S/C21H25N3O5/c1-4-29-21(28)15-10-14(20(27)24-8-7-22-19(26)18(15)24)11-17(25)23-16-6-5-12(2)9-13(16)3/h5-6,9,14H,4,7-8,10-11H2,1-3H3,(H,22,26)(H,23,25). The summed E-state index contributed by atoms with van der Waals surface area (Å²) in [5, 5.41) is 5.48. The van der Waals surface area contributed by atoms with E-state index in [9.17, 15) is 19.2 Å². The fourth-order valence-electron chi connectivity index (χ4n) is 3.71. The Labute approximate surface area is 169 Å². The Kier molecular flexibility index (Phi) is 6.00. The molecular weight excluding hydrogens is 374 g/mol. The molecule has 2 aliphatic heterocycles. The Morgan fingerprint density at radius 3 is 2.72 bits per heavy atom. The number of ether oxygens (including phenoxy) is 1. The van der Waals surface area contributed by atoms with Gasteiger partial charge in [-0.1, -0.05) is 17.7 Å². The van der Waals surface area contributed by atoms with E-state index in [1.807, 2.05) is 32.0 Å². The number of anilines is 1. The first-order valence-electron chi connectivity index (χ1n) is 9.68. The summed E-state index contributed by atoms with van der Waals surface area (Å²) >= 11 is 0. The number of carbonyl (C=O) groups is 4. The highest BCUT2D eigenvalue weighted by Gasteiger charge is 2.42. The smallest absolute Gasteiger partial charge is 0.336 e. The molecule has 1 aromatic rings. The molecule has 154 valence electrons. The highest BCUT2D eigenvalue weighted by atomic mass is 16.5. The molecule has 1 saturated heterocycles. The van der Waals surface area contributed by atoms with Crippen molar-refractivity contribution in [3.8, 4) is 0 Å². The zero-order valence-corrected chi connectivity index (χ0v) is 16.8. The minimum Gasteiger partial charge on any atom is -0.463 e. The van der Waals surface area contributed by atoms with Crippen molar-refractivity contribution in [2.75, 3.05) is 25.0 Å². The second-order valence-electron chi connectivity index (χ2n) is 7.27. The average Bonchev–Trinajstić information content (AvgIpc) is 2.66. The zero-order chi connectivity index (χ0) is 21.1. The van der Waals surface area contributed by atoms with Crippen molar-refractivity contribution in [2.45, 2.75) is 33.6 Å². The minimum absolute atomic E-state index is 0.00276. The Balaban J connectivity index is 1.81. The van der Waals surface area contributed by atoms with Crippen LogP contribution in [-0.4, -0.2) is 48.3 Å². The Morgan fingerprint density at radius 2 is 2.03 bits per heavy atom. The summed E-state index contributed by atoms with van der Waals surface area (Å²) in [5.41, 5.74) is 2.89. The van der Waals surface area contributed by atoms with Crippen LogP contribution < -0.4 is 10.6 Å². The quantitative estimate of drug-likeness (QED) is 0.729. The van der Waals surface area contributed by atoms with Crippen molar-refractivity contribution in [1.82, 2.24) is 10.2 Å².